The zero-order valence-corrected chi connectivity index (χ0v) is 9.79. The number of aromatic nitrogens is 2. The second kappa shape index (κ2) is 5.26. The number of anilines is 1. The van der Waals surface area contributed by atoms with Gasteiger partial charge in [0.2, 0.25) is 5.89 Å². The van der Waals surface area contributed by atoms with Crippen molar-refractivity contribution in [2.45, 2.75) is 19.9 Å². The van der Waals surface area contributed by atoms with Gasteiger partial charge >= 0.3 is 5.69 Å². The van der Waals surface area contributed by atoms with E-state index in [1.165, 1.54) is 12.4 Å². The Morgan fingerprint density at radius 3 is 3.00 bits per heavy atom. The third kappa shape index (κ3) is 2.62. The van der Waals surface area contributed by atoms with Crippen molar-refractivity contribution in [1.29, 1.82) is 0 Å². The van der Waals surface area contributed by atoms with E-state index >= 15 is 0 Å². The Hall–Kier alpha value is -2.44. The molecular weight excluding hydrogens is 236 g/mol. The van der Waals surface area contributed by atoms with Crippen molar-refractivity contribution >= 4 is 11.4 Å². The number of nitrogens with one attached hydrogen (secondary N) is 1. The first-order valence-corrected chi connectivity index (χ1v) is 5.46. The van der Waals surface area contributed by atoms with Crippen molar-refractivity contribution in [1.82, 2.24) is 9.97 Å². The molecule has 0 atom stereocenters. The van der Waals surface area contributed by atoms with Crippen LogP contribution in [0.4, 0.5) is 11.4 Å². The van der Waals surface area contributed by atoms with Gasteiger partial charge < -0.3 is 9.73 Å². The fourth-order valence-corrected chi connectivity index (χ4v) is 1.45. The maximum atomic E-state index is 10.8. The van der Waals surface area contributed by atoms with Crippen molar-refractivity contribution in [2.75, 3.05) is 5.32 Å². The fourth-order valence-electron chi connectivity index (χ4n) is 1.45. The van der Waals surface area contributed by atoms with E-state index in [2.05, 4.69) is 15.3 Å². The molecule has 0 aliphatic rings. The highest BCUT2D eigenvalue weighted by atomic mass is 16.6. The Bertz CT molecular complexity index is 553. The van der Waals surface area contributed by atoms with Crippen LogP contribution in [0.3, 0.4) is 0 Å². The molecule has 2 heterocycles. The van der Waals surface area contributed by atoms with Crippen LogP contribution in [0, 0.1) is 10.1 Å². The lowest BCUT2D eigenvalue weighted by atomic mass is 10.3. The molecule has 94 valence electrons. The summed E-state index contributed by atoms with van der Waals surface area (Å²) in [6.45, 7) is 2.26. The van der Waals surface area contributed by atoms with Gasteiger partial charge in [0, 0.05) is 12.6 Å². The number of rotatable bonds is 5. The molecule has 0 bridgehead atoms. The summed E-state index contributed by atoms with van der Waals surface area (Å²) in [4.78, 5) is 18.1. The number of hydrogen-bond donors (Lipinski definition) is 1. The number of aryl methyl sites for hydroxylation is 1. The number of pyridine rings is 1. The van der Waals surface area contributed by atoms with Gasteiger partial charge in [-0.15, -0.1) is 0 Å². The molecule has 1 N–H and O–H groups in total. The molecule has 18 heavy (non-hydrogen) atoms. The predicted octanol–water partition coefficient (Wildman–Crippen LogP) is 2.15. The third-order valence-corrected chi connectivity index (χ3v) is 2.38. The van der Waals surface area contributed by atoms with Crippen LogP contribution in [0.25, 0.3) is 0 Å². The van der Waals surface area contributed by atoms with Crippen LogP contribution < -0.4 is 5.32 Å². The largest absolute Gasteiger partial charge is 0.444 e. The van der Waals surface area contributed by atoms with Gasteiger partial charge in [0.25, 0.3) is 0 Å². The maximum Gasteiger partial charge on any atom is 0.310 e. The lowest BCUT2D eigenvalue weighted by Gasteiger charge is -2.03. The number of oxazole rings is 1. The highest BCUT2D eigenvalue weighted by Gasteiger charge is 2.13. The van der Waals surface area contributed by atoms with Gasteiger partial charge in [-0.2, -0.15) is 0 Å². The van der Waals surface area contributed by atoms with Crippen LogP contribution in [0.5, 0.6) is 0 Å². The molecule has 0 saturated heterocycles. The fraction of sp³-hybridized carbons (Fsp3) is 0.273. The van der Waals surface area contributed by atoms with Crippen molar-refractivity contribution in [3.05, 3.63) is 46.4 Å². The zero-order valence-electron chi connectivity index (χ0n) is 9.79. The van der Waals surface area contributed by atoms with Gasteiger partial charge in [-0.3, -0.25) is 15.1 Å². The smallest absolute Gasteiger partial charge is 0.310 e. The average molecular weight is 248 g/mol. The molecule has 0 unspecified atom stereocenters. The molecule has 7 nitrogen and oxygen atoms in total. The minimum Gasteiger partial charge on any atom is -0.444 e. The molecule has 0 spiro atoms. The van der Waals surface area contributed by atoms with E-state index in [-0.39, 0.29) is 5.69 Å². The number of hydrogen-bond acceptors (Lipinski definition) is 6. The highest BCUT2D eigenvalue weighted by Crippen LogP contribution is 2.22. The Labute approximate surface area is 103 Å². The second-order valence-corrected chi connectivity index (χ2v) is 3.58. The molecule has 0 aromatic carbocycles. The average Bonchev–Trinajstić information content (AvgIpc) is 2.84. The molecule has 2 aromatic heterocycles. The van der Waals surface area contributed by atoms with Gasteiger partial charge in [0.15, 0.2) is 0 Å². The van der Waals surface area contributed by atoms with E-state index in [1.807, 2.05) is 6.92 Å². The van der Waals surface area contributed by atoms with E-state index in [4.69, 9.17) is 4.42 Å². The van der Waals surface area contributed by atoms with Gasteiger partial charge in [-0.25, -0.2) is 4.98 Å². The van der Waals surface area contributed by atoms with Crippen LogP contribution in [0.2, 0.25) is 0 Å². The van der Waals surface area contributed by atoms with E-state index in [1.54, 1.807) is 12.3 Å². The first kappa shape index (κ1) is 12.0. The normalized spacial score (nSPS) is 10.3. The van der Waals surface area contributed by atoms with E-state index < -0.39 is 4.92 Å². The second-order valence-electron chi connectivity index (χ2n) is 3.58. The summed E-state index contributed by atoms with van der Waals surface area (Å²) in [5.74, 6) is 1.29. The summed E-state index contributed by atoms with van der Waals surface area (Å²) in [6, 6.07) is 1.54. The maximum absolute atomic E-state index is 10.8. The SMILES string of the molecule is CCc1cnc(CNc2ccncc2[N+](=O)[O-])o1. The monoisotopic (exact) mass is 248 g/mol. The predicted molar refractivity (Wildman–Crippen MR) is 64.1 cm³/mol. The lowest BCUT2D eigenvalue weighted by molar-refractivity contribution is -0.384. The first-order chi connectivity index (χ1) is 8.70. The minimum absolute atomic E-state index is 0.0697. The van der Waals surface area contributed by atoms with Crippen LogP contribution in [0.15, 0.2) is 29.1 Å². The van der Waals surface area contributed by atoms with E-state index in [0.717, 1.165) is 12.2 Å². The number of nitro groups is 1. The van der Waals surface area contributed by atoms with Gasteiger partial charge in [-0.05, 0) is 6.07 Å². The van der Waals surface area contributed by atoms with Crippen LogP contribution in [0.1, 0.15) is 18.6 Å². The van der Waals surface area contributed by atoms with Crippen molar-refractivity contribution < 1.29 is 9.34 Å². The third-order valence-electron chi connectivity index (χ3n) is 2.38. The highest BCUT2D eigenvalue weighted by molar-refractivity contribution is 5.59. The Morgan fingerprint density at radius 2 is 2.33 bits per heavy atom. The summed E-state index contributed by atoms with van der Waals surface area (Å²) in [5.41, 5.74) is 0.325. The molecule has 7 heteroatoms. The molecule has 0 aliphatic carbocycles. The first-order valence-electron chi connectivity index (χ1n) is 5.46. The standard InChI is InChI=1S/C11H12N4O3/c1-2-8-5-14-11(18-8)7-13-9-3-4-12-6-10(9)15(16)17/h3-6H,2,7H2,1H3,(H,12,13). The lowest BCUT2D eigenvalue weighted by Crippen LogP contribution is -2.03. The number of nitrogens with zero attached hydrogens (tertiary/aromatic N) is 3. The molecule has 0 radical (unpaired) electrons. The molecule has 0 aliphatic heterocycles. The molecule has 0 amide bonds. The molecule has 0 fully saturated rings. The van der Waals surface area contributed by atoms with Gasteiger partial charge in [-0.1, -0.05) is 6.92 Å². The van der Waals surface area contributed by atoms with Crippen LogP contribution in [-0.4, -0.2) is 14.9 Å². The molecule has 2 aromatic rings. The van der Waals surface area contributed by atoms with Crippen LogP contribution >= 0.6 is 0 Å². The minimum atomic E-state index is -0.484. The summed E-state index contributed by atoms with van der Waals surface area (Å²) < 4.78 is 5.40. The van der Waals surface area contributed by atoms with Crippen molar-refractivity contribution in [2.24, 2.45) is 0 Å². The quantitative estimate of drug-likeness (QED) is 0.643. The summed E-state index contributed by atoms with van der Waals surface area (Å²) >= 11 is 0. The topological polar surface area (TPSA) is 94.1 Å². The zero-order chi connectivity index (χ0) is 13.0. The molecule has 0 saturated carbocycles. The van der Waals surface area contributed by atoms with E-state index in [9.17, 15) is 10.1 Å². The molecular formula is C11H12N4O3. The Kier molecular flexibility index (Phi) is 3.52. The Balaban J connectivity index is 2.08. The summed E-state index contributed by atoms with van der Waals surface area (Å²) in [7, 11) is 0. The van der Waals surface area contributed by atoms with Gasteiger partial charge in [0.05, 0.1) is 17.7 Å². The van der Waals surface area contributed by atoms with Gasteiger partial charge in [0.1, 0.15) is 17.6 Å². The van der Waals surface area contributed by atoms with E-state index in [0.29, 0.717) is 18.1 Å². The Morgan fingerprint density at radius 1 is 1.50 bits per heavy atom. The summed E-state index contributed by atoms with van der Waals surface area (Å²) in [6.07, 6.45) is 5.11. The van der Waals surface area contributed by atoms with Crippen molar-refractivity contribution in [3.8, 4) is 0 Å². The summed E-state index contributed by atoms with van der Waals surface area (Å²) in [5, 5.41) is 13.7. The molecule has 2 rings (SSSR count). The van der Waals surface area contributed by atoms with Crippen LogP contribution in [-0.2, 0) is 13.0 Å². The van der Waals surface area contributed by atoms with Crippen molar-refractivity contribution in [3.63, 3.8) is 0 Å².